The number of esters is 1. The van der Waals surface area contributed by atoms with Crippen molar-refractivity contribution in [2.24, 2.45) is 11.8 Å². The Balaban J connectivity index is 1.65. The van der Waals surface area contributed by atoms with Crippen molar-refractivity contribution in [1.29, 1.82) is 0 Å². The predicted octanol–water partition coefficient (Wildman–Crippen LogP) is 2.39. The number of nitrogens with zero attached hydrogens (tertiary/aromatic N) is 3. The van der Waals surface area contributed by atoms with Crippen molar-refractivity contribution in [1.82, 2.24) is 14.6 Å². The number of hydrogen-bond donors (Lipinski definition) is 0. The van der Waals surface area contributed by atoms with Crippen molar-refractivity contribution in [3.63, 3.8) is 0 Å². The molecule has 1 aliphatic rings. The molecule has 2 aromatic rings. The van der Waals surface area contributed by atoms with Crippen LogP contribution in [0.5, 0.6) is 0 Å². The third kappa shape index (κ3) is 2.89. The summed E-state index contributed by atoms with van der Waals surface area (Å²) < 4.78 is 20.1. The van der Waals surface area contributed by atoms with Crippen molar-refractivity contribution in [2.45, 2.75) is 32.1 Å². The summed E-state index contributed by atoms with van der Waals surface area (Å²) in [6.07, 6.45) is 7.63. The molecule has 6 heteroatoms. The van der Waals surface area contributed by atoms with Crippen LogP contribution in [-0.4, -0.2) is 27.7 Å². The lowest BCUT2D eigenvalue weighted by Gasteiger charge is -2.26. The third-order valence-electron chi connectivity index (χ3n) is 4.29. The molecule has 0 saturated heterocycles. The van der Waals surface area contributed by atoms with Crippen LogP contribution in [0.3, 0.4) is 0 Å². The maximum atomic E-state index is 13.9. The number of methoxy groups -OCH3 is 1. The van der Waals surface area contributed by atoms with E-state index in [2.05, 4.69) is 10.1 Å². The van der Waals surface area contributed by atoms with E-state index in [9.17, 15) is 9.18 Å². The number of pyridine rings is 1. The fourth-order valence-corrected chi connectivity index (χ4v) is 3.15. The molecule has 3 rings (SSSR count). The average molecular weight is 291 g/mol. The molecule has 1 aliphatic carbocycles. The molecule has 0 spiro atoms. The molecule has 0 unspecified atom stereocenters. The van der Waals surface area contributed by atoms with Crippen LogP contribution in [-0.2, 0) is 16.0 Å². The number of aromatic nitrogens is 3. The predicted molar refractivity (Wildman–Crippen MR) is 74.1 cm³/mol. The van der Waals surface area contributed by atoms with Crippen LogP contribution in [0.2, 0.25) is 0 Å². The van der Waals surface area contributed by atoms with Gasteiger partial charge in [-0.1, -0.05) is 0 Å². The molecule has 1 saturated carbocycles. The Morgan fingerprint density at radius 3 is 2.90 bits per heavy atom. The summed E-state index contributed by atoms with van der Waals surface area (Å²) in [6.45, 7) is 0. The number of rotatable bonds is 3. The second-order valence-electron chi connectivity index (χ2n) is 5.67. The molecule has 0 aromatic carbocycles. The highest BCUT2D eigenvalue weighted by Crippen LogP contribution is 2.31. The van der Waals surface area contributed by atoms with Gasteiger partial charge in [0.05, 0.1) is 13.0 Å². The topological polar surface area (TPSA) is 56.5 Å². The maximum Gasteiger partial charge on any atom is 0.308 e. The van der Waals surface area contributed by atoms with Crippen molar-refractivity contribution >= 4 is 11.6 Å². The van der Waals surface area contributed by atoms with E-state index >= 15 is 0 Å². The van der Waals surface area contributed by atoms with Crippen molar-refractivity contribution in [3.05, 3.63) is 30.0 Å². The van der Waals surface area contributed by atoms with Gasteiger partial charge in [0.1, 0.15) is 6.33 Å². The minimum absolute atomic E-state index is 0.0285. The SMILES string of the molecule is COC(=O)[C@H]1CC[C@H](Cc2cc(F)c3ncnn3c2)CC1. The molecular formula is C15H18FN3O2. The number of hydrogen-bond acceptors (Lipinski definition) is 4. The van der Waals surface area contributed by atoms with Crippen LogP contribution >= 0.6 is 0 Å². The first kappa shape index (κ1) is 14.0. The van der Waals surface area contributed by atoms with Gasteiger partial charge in [-0.25, -0.2) is 13.9 Å². The second-order valence-corrected chi connectivity index (χ2v) is 5.67. The van der Waals surface area contributed by atoms with E-state index in [1.807, 2.05) is 6.20 Å². The Labute approximate surface area is 122 Å². The van der Waals surface area contributed by atoms with E-state index in [1.54, 1.807) is 0 Å². The zero-order valence-corrected chi connectivity index (χ0v) is 12.0. The van der Waals surface area contributed by atoms with Crippen molar-refractivity contribution < 1.29 is 13.9 Å². The number of carbonyl (C=O) groups excluding carboxylic acids is 1. The highest BCUT2D eigenvalue weighted by Gasteiger charge is 2.27. The lowest BCUT2D eigenvalue weighted by molar-refractivity contribution is -0.146. The smallest absolute Gasteiger partial charge is 0.308 e. The molecule has 0 aliphatic heterocycles. The van der Waals surface area contributed by atoms with Crippen LogP contribution in [0.1, 0.15) is 31.2 Å². The Kier molecular flexibility index (Phi) is 3.86. The Bertz CT molecular complexity index is 647. The number of fused-ring (bicyclic) bond motifs is 1. The molecule has 112 valence electrons. The molecule has 21 heavy (non-hydrogen) atoms. The van der Waals surface area contributed by atoms with E-state index in [-0.39, 0.29) is 23.4 Å². The van der Waals surface area contributed by atoms with Gasteiger partial charge in [-0.05, 0) is 49.7 Å². The summed E-state index contributed by atoms with van der Waals surface area (Å²) in [5.74, 6) is 0.0591. The fourth-order valence-electron chi connectivity index (χ4n) is 3.15. The first-order chi connectivity index (χ1) is 10.2. The monoisotopic (exact) mass is 291 g/mol. The minimum atomic E-state index is -0.340. The average Bonchev–Trinajstić information content (AvgIpc) is 2.96. The molecule has 2 aromatic heterocycles. The maximum absolute atomic E-state index is 13.9. The summed E-state index contributed by atoms with van der Waals surface area (Å²) in [7, 11) is 1.44. The number of halogens is 1. The lowest BCUT2D eigenvalue weighted by Crippen LogP contribution is -2.23. The number of ether oxygens (including phenoxy) is 1. The quantitative estimate of drug-likeness (QED) is 0.815. The van der Waals surface area contributed by atoms with Crippen LogP contribution < -0.4 is 0 Å². The van der Waals surface area contributed by atoms with Gasteiger partial charge < -0.3 is 4.74 Å². The normalized spacial score (nSPS) is 22.4. The Hall–Kier alpha value is -1.98. The van der Waals surface area contributed by atoms with Crippen molar-refractivity contribution in [2.75, 3.05) is 7.11 Å². The van der Waals surface area contributed by atoms with E-state index in [0.29, 0.717) is 5.92 Å². The number of carbonyl (C=O) groups is 1. The highest BCUT2D eigenvalue weighted by molar-refractivity contribution is 5.72. The van der Waals surface area contributed by atoms with E-state index in [4.69, 9.17) is 4.74 Å². The summed E-state index contributed by atoms with van der Waals surface area (Å²) in [6, 6.07) is 1.54. The third-order valence-corrected chi connectivity index (χ3v) is 4.29. The molecule has 0 bridgehead atoms. The zero-order chi connectivity index (χ0) is 14.8. The molecule has 2 heterocycles. The highest BCUT2D eigenvalue weighted by atomic mass is 19.1. The van der Waals surface area contributed by atoms with E-state index in [0.717, 1.165) is 37.7 Å². The van der Waals surface area contributed by atoms with Crippen LogP contribution in [0.15, 0.2) is 18.6 Å². The van der Waals surface area contributed by atoms with E-state index in [1.165, 1.54) is 24.0 Å². The van der Waals surface area contributed by atoms with E-state index < -0.39 is 0 Å². The molecule has 0 atom stereocenters. The van der Waals surface area contributed by atoms with Crippen LogP contribution in [0.4, 0.5) is 4.39 Å². The summed E-state index contributed by atoms with van der Waals surface area (Å²) >= 11 is 0. The van der Waals surface area contributed by atoms with Gasteiger partial charge in [0.2, 0.25) is 0 Å². The minimum Gasteiger partial charge on any atom is -0.469 e. The molecule has 1 fully saturated rings. The van der Waals surface area contributed by atoms with Gasteiger partial charge in [0, 0.05) is 6.20 Å². The molecule has 5 nitrogen and oxygen atoms in total. The molecule has 0 N–H and O–H groups in total. The summed E-state index contributed by atoms with van der Waals surface area (Å²) in [5, 5.41) is 3.98. The fraction of sp³-hybridized carbons (Fsp3) is 0.533. The molecule has 0 radical (unpaired) electrons. The van der Waals surface area contributed by atoms with Crippen LogP contribution in [0.25, 0.3) is 5.65 Å². The van der Waals surface area contributed by atoms with Gasteiger partial charge in [0.25, 0.3) is 0 Å². The summed E-state index contributed by atoms with van der Waals surface area (Å²) in [4.78, 5) is 15.4. The zero-order valence-electron chi connectivity index (χ0n) is 12.0. The van der Waals surface area contributed by atoms with Gasteiger partial charge in [0.15, 0.2) is 11.5 Å². The Morgan fingerprint density at radius 1 is 1.43 bits per heavy atom. The van der Waals surface area contributed by atoms with Gasteiger partial charge in [-0.2, -0.15) is 5.10 Å². The van der Waals surface area contributed by atoms with Gasteiger partial charge >= 0.3 is 5.97 Å². The molecular weight excluding hydrogens is 273 g/mol. The first-order valence-electron chi connectivity index (χ1n) is 7.23. The van der Waals surface area contributed by atoms with Gasteiger partial charge in [-0.15, -0.1) is 0 Å². The largest absolute Gasteiger partial charge is 0.469 e. The lowest BCUT2D eigenvalue weighted by atomic mass is 9.79. The Morgan fingerprint density at radius 2 is 2.19 bits per heavy atom. The first-order valence-corrected chi connectivity index (χ1v) is 7.23. The van der Waals surface area contributed by atoms with Crippen LogP contribution in [0, 0.1) is 17.7 Å². The second kappa shape index (κ2) is 5.79. The van der Waals surface area contributed by atoms with Crippen molar-refractivity contribution in [3.8, 4) is 0 Å². The summed E-state index contributed by atoms with van der Waals surface area (Å²) in [5.41, 5.74) is 1.18. The molecule has 0 amide bonds. The standard InChI is InChI=1S/C15H18FN3O2/c1-21-15(20)12-4-2-10(3-5-12)6-11-7-13(16)14-17-9-18-19(14)8-11/h7-10,12H,2-6H2,1H3/t10-,12-. The van der Waals surface area contributed by atoms with Gasteiger partial charge in [-0.3, -0.25) is 4.79 Å².